The van der Waals surface area contributed by atoms with Gasteiger partial charge in [0, 0.05) is 6.54 Å². The molecule has 6 N–H and O–H groups in total. The minimum Gasteiger partial charge on any atom is -0.368 e. The van der Waals surface area contributed by atoms with E-state index in [0.29, 0.717) is 11.5 Å². The zero-order valence-electron chi connectivity index (χ0n) is 10.1. The number of nitrogen functional groups attached to an aromatic ring is 1. The van der Waals surface area contributed by atoms with Crippen molar-refractivity contribution in [3.63, 3.8) is 0 Å². The number of aromatic nitrogens is 4. The number of amides is 1. The number of aromatic amines is 1. The topological polar surface area (TPSA) is 139 Å². The zero-order chi connectivity index (χ0) is 13.4. The minimum absolute atomic E-state index is 0.266. The summed E-state index contributed by atoms with van der Waals surface area (Å²) in [5.74, 6) is 5.88. The molecule has 100 valence electrons. The number of carbonyl (C=O) groups excluding carboxylic acids is 1. The molecule has 9 nitrogen and oxygen atoms in total. The van der Waals surface area contributed by atoms with Crippen molar-refractivity contribution >= 4 is 28.7 Å². The number of hydrogen-bond donors (Lipinski definition) is 4. The van der Waals surface area contributed by atoms with Gasteiger partial charge >= 0.3 is 0 Å². The van der Waals surface area contributed by atoms with Crippen LogP contribution in [0.25, 0.3) is 11.0 Å². The van der Waals surface area contributed by atoms with Crippen molar-refractivity contribution in [1.82, 2.24) is 20.2 Å². The number of nitrogens with zero attached hydrogens (tertiary/aromatic N) is 4. The third kappa shape index (κ3) is 1.83. The molecule has 0 aliphatic carbocycles. The van der Waals surface area contributed by atoms with Crippen LogP contribution in [0, 0.1) is 0 Å². The van der Waals surface area contributed by atoms with Crippen LogP contribution in [0.4, 0.5) is 11.8 Å². The molecular weight excluding hydrogens is 248 g/mol. The molecule has 0 radical (unpaired) electrons. The van der Waals surface area contributed by atoms with Gasteiger partial charge in [0.1, 0.15) is 11.9 Å². The van der Waals surface area contributed by atoms with E-state index in [1.54, 1.807) is 6.20 Å². The van der Waals surface area contributed by atoms with Crippen LogP contribution in [-0.2, 0) is 4.79 Å². The summed E-state index contributed by atoms with van der Waals surface area (Å²) in [6.07, 6.45) is 3.24. The maximum atomic E-state index is 11.5. The number of anilines is 2. The van der Waals surface area contributed by atoms with Crippen LogP contribution in [-0.4, -0.2) is 38.7 Å². The maximum absolute atomic E-state index is 11.5. The molecule has 0 spiro atoms. The fourth-order valence-corrected chi connectivity index (χ4v) is 2.42. The van der Waals surface area contributed by atoms with Crippen molar-refractivity contribution in [2.24, 2.45) is 11.6 Å². The summed E-state index contributed by atoms with van der Waals surface area (Å²) in [5, 5.41) is 7.45. The fourth-order valence-electron chi connectivity index (χ4n) is 2.42. The van der Waals surface area contributed by atoms with Gasteiger partial charge in [-0.25, -0.2) is 5.84 Å². The van der Waals surface area contributed by atoms with E-state index in [9.17, 15) is 4.79 Å². The lowest BCUT2D eigenvalue weighted by Crippen LogP contribution is -2.41. The minimum atomic E-state index is -0.352. The van der Waals surface area contributed by atoms with E-state index in [1.165, 1.54) is 0 Å². The van der Waals surface area contributed by atoms with Gasteiger partial charge in [0.05, 0.1) is 11.6 Å². The molecule has 1 atom stereocenters. The Labute approximate surface area is 108 Å². The first-order valence-electron chi connectivity index (χ1n) is 5.94. The largest absolute Gasteiger partial charge is 0.368 e. The molecule has 1 aliphatic heterocycles. The Morgan fingerprint density at radius 1 is 1.53 bits per heavy atom. The molecule has 19 heavy (non-hydrogen) atoms. The molecule has 1 fully saturated rings. The molecule has 1 unspecified atom stereocenters. The summed E-state index contributed by atoms with van der Waals surface area (Å²) in [5.41, 5.74) is 8.39. The third-order valence-electron chi connectivity index (χ3n) is 3.27. The van der Waals surface area contributed by atoms with Crippen LogP contribution in [0.5, 0.6) is 0 Å². The van der Waals surface area contributed by atoms with Gasteiger partial charge in [0.25, 0.3) is 0 Å². The number of nitrogens with two attached hydrogens (primary N) is 2. The molecule has 2 aromatic heterocycles. The Balaban J connectivity index is 2.12. The summed E-state index contributed by atoms with van der Waals surface area (Å²) in [6.45, 7) is 0.717. The lowest BCUT2D eigenvalue weighted by molar-refractivity contribution is -0.119. The summed E-state index contributed by atoms with van der Waals surface area (Å²) in [6, 6.07) is -0.348. The van der Waals surface area contributed by atoms with Gasteiger partial charge in [-0.3, -0.25) is 15.3 Å². The molecule has 1 saturated heterocycles. The van der Waals surface area contributed by atoms with Gasteiger partial charge in [0.15, 0.2) is 5.65 Å². The van der Waals surface area contributed by atoms with Gasteiger partial charge < -0.3 is 10.6 Å². The SMILES string of the molecule is NNc1nc(N2CCCC2C(N)=O)c2cn[nH]c2n1. The van der Waals surface area contributed by atoms with E-state index in [0.717, 1.165) is 24.8 Å². The number of primary amides is 1. The smallest absolute Gasteiger partial charge is 0.241 e. The molecule has 3 rings (SSSR count). The van der Waals surface area contributed by atoms with E-state index in [1.807, 2.05) is 4.90 Å². The Morgan fingerprint density at radius 3 is 3.11 bits per heavy atom. The lowest BCUT2D eigenvalue weighted by Gasteiger charge is -2.23. The van der Waals surface area contributed by atoms with Crippen LogP contribution in [0.1, 0.15) is 12.8 Å². The molecule has 3 heterocycles. The van der Waals surface area contributed by atoms with Crippen molar-refractivity contribution in [2.75, 3.05) is 16.9 Å². The van der Waals surface area contributed by atoms with Crippen molar-refractivity contribution in [3.8, 4) is 0 Å². The van der Waals surface area contributed by atoms with Crippen molar-refractivity contribution in [1.29, 1.82) is 0 Å². The monoisotopic (exact) mass is 262 g/mol. The van der Waals surface area contributed by atoms with E-state index < -0.39 is 0 Å². The summed E-state index contributed by atoms with van der Waals surface area (Å²) in [7, 11) is 0. The first-order valence-corrected chi connectivity index (χ1v) is 5.94. The quantitative estimate of drug-likeness (QED) is 0.415. The highest BCUT2D eigenvalue weighted by molar-refractivity contribution is 5.91. The van der Waals surface area contributed by atoms with Crippen LogP contribution in [0.2, 0.25) is 0 Å². The van der Waals surface area contributed by atoms with Gasteiger partial charge in [-0.15, -0.1) is 0 Å². The Kier molecular flexibility index (Phi) is 2.67. The average molecular weight is 262 g/mol. The highest BCUT2D eigenvalue weighted by atomic mass is 16.1. The average Bonchev–Trinajstić information content (AvgIpc) is 3.05. The lowest BCUT2D eigenvalue weighted by atomic mass is 10.2. The number of hydrogen-bond acceptors (Lipinski definition) is 7. The summed E-state index contributed by atoms with van der Waals surface area (Å²) < 4.78 is 0. The Bertz CT molecular complexity index is 623. The molecule has 9 heteroatoms. The maximum Gasteiger partial charge on any atom is 0.241 e. The standard InChI is InChI=1S/C10H14N8O/c11-7(19)6-2-1-3-18(6)9-5-4-13-17-8(5)14-10(15-9)16-12/h4,6H,1-3,12H2,(H2,11,19)(H2,13,14,15,16,17). The van der Waals surface area contributed by atoms with Crippen LogP contribution < -0.4 is 21.9 Å². The molecule has 2 aromatic rings. The zero-order valence-corrected chi connectivity index (χ0v) is 10.1. The third-order valence-corrected chi connectivity index (χ3v) is 3.27. The second kappa shape index (κ2) is 4.35. The number of rotatable bonds is 3. The molecule has 1 amide bonds. The highest BCUT2D eigenvalue weighted by Gasteiger charge is 2.31. The molecular formula is C10H14N8O. The normalized spacial score (nSPS) is 19.0. The summed E-state index contributed by atoms with van der Waals surface area (Å²) in [4.78, 5) is 21.8. The summed E-state index contributed by atoms with van der Waals surface area (Å²) >= 11 is 0. The first-order chi connectivity index (χ1) is 9.20. The van der Waals surface area contributed by atoms with E-state index >= 15 is 0 Å². The highest BCUT2D eigenvalue weighted by Crippen LogP contribution is 2.29. The Hall–Kier alpha value is -2.42. The number of hydrazine groups is 1. The molecule has 0 saturated carbocycles. The first kappa shape index (κ1) is 11.7. The molecule has 1 aliphatic rings. The van der Waals surface area contributed by atoms with Gasteiger partial charge in [-0.05, 0) is 12.8 Å². The molecule has 0 bridgehead atoms. The van der Waals surface area contributed by atoms with Gasteiger partial charge in [0.2, 0.25) is 11.9 Å². The number of fused-ring (bicyclic) bond motifs is 1. The number of nitrogens with one attached hydrogen (secondary N) is 2. The van der Waals surface area contributed by atoms with Gasteiger partial charge in [-0.2, -0.15) is 15.1 Å². The van der Waals surface area contributed by atoms with Crippen LogP contribution in [0.3, 0.4) is 0 Å². The van der Waals surface area contributed by atoms with Gasteiger partial charge in [-0.1, -0.05) is 0 Å². The number of H-pyrrole nitrogens is 1. The van der Waals surface area contributed by atoms with Crippen molar-refractivity contribution in [2.45, 2.75) is 18.9 Å². The van der Waals surface area contributed by atoms with Crippen molar-refractivity contribution in [3.05, 3.63) is 6.20 Å². The van der Waals surface area contributed by atoms with Crippen LogP contribution >= 0.6 is 0 Å². The van der Waals surface area contributed by atoms with E-state index in [4.69, 9.17) is 11.6 Å². The van der Waals surface area contributed by atoms with E-state index in [2.05, 4.69) is 25.6 Å². The predicted octanol–water partition coefficient (Wildman–Crippen LogP) is -0.907. The second-order valence-corrected chi connectivity index (χ2v) is 4.40. The second-order valence-electron chi connectivity index (χ2n) is 4.40. The predicted molar refractivity (Wildman–Crippen MR) is 69.1 cm³/mol. The number of carbonyl (C=O) groups is 1. The van der Waals surface area contributed by atoms with Crippen LogP contribution in [0.15, 0.2) is 6.20 Å². The fraction of sp³-hybridized carbons (Fsp3) is 0.400. The Morgan fingerprint density at radius 2 is 2.37 bits per heavy atom. The van der Waals surface area contributed by atoms with E-state index in [-0.39, 0.29) is 17.9 Å². The molecule has 0 aromatic carbocycles. The van der Waals surface area contributed by atoms with Crippen molar-refractivity contribution < 1.29 is 4.79 Å².